The Morgan fingerprint density at radius 2 is 2.06 bits per heavy atom. The molecule has 0 radical (unpaired) electrons. The van der Waals surface area contributed by atoms with Crippen molar-refractivity contribution < 1.29 is 18.4 Å². The highest BCUT2D eigenvalue weighted by Gasteiger charge is 2.25. The lowest BCUT2D eigenvalue weighted by molar-refractivity contribution is 0.103. The maximum Gasteiger partial charge on any atom is 0.201 e. The van der Waals surface area contributed by atoms with Crippen LogP contribution < -0.4 is 4.72 Å². The number of rotatable bonds is 8. The Hall–Kier alpha value is -4.00. The van der Waals surface area contributed by atoms with Gasteiger partial charge in [0.1, 0.15) is 11.5 Å². The quantitative estimate of drug-likeness (QED) is 0.148. The maximum atomic E-state index is 15.2. The first-order chi connectivity index (χ1) is 16.9. The van der Waals surface area contributed by atoms with Gasteiger partial charge in [-0.25, -0.2) is 18.1 Å². The number of aldehydes is 1. The van der Waals surface area contributed by atoms with Crippen LogP contribution in [0.3, 0.4) is 0 Å². The Morgan fingerprint density at radius 1 is 1.26 bits per heavy atom. The fourth-order valence-corrected chi connectivity index (χ4v) is 4.02. The highest BCUT2D eigenvalue weighted by atomic mass is 32.2. The van der Waals surface area contributed by atoms with E-state index in [0.717, 1.165) is 18.2 Å². The first-order valence-electron chi connectivity index (χ1n) is 10.6. The number of aromatic nitrogens is 2. The van der Waals surface area contributed by atoms with E-state index >= 15 is 4.39 Å². The molecule has 0 saturated carbocycles. The summed E-state index contributed by atoms with van der Waals surface area (Å²) < 4.78 is 34.5. The highest BCUT2D eigenvalue weighted by Crippen LogP contribution is 2.30. The molecule has 0 amide bonds. The molecule has 35 heavy (non-hydrogen) atoms. The molecule has 2 N–H and O–H groups in total. The van der Waals surface area contributed by atoms with Crippen molar-refractivity contribution in [3.63, 3.8) is 0 Å². The third kappa shape index (κ3) is 4.67. The van der Waals surface area contributed by atoms with Crippen LogP contribution in [0.15, 0.2) is 48.8 Å². The zero-order valence-corrected chi connectivity index (χ0v) is 19.7. The van der Waals surface area contributed by atoms with Crippen LogP contribution in [-0.4, -0.2) is 39.9 Å². The number of ketones is 1. The number of hydrogen-bond acceptors (Lipinski definition) is 6. The van der Waals surface area contributed by atoms with E-state index in [0.29, 0.717) is 46.1 Å². The molecule has 0 atom stereocenters. The average molecular weight is 491 g/mol. The van der Waals surface area contributed by atoms with E-state index in [1.807, 2.05) is 11.2 Å². The summed E-state index contributed by atoms with van der Waals surface area (Å²) in [5.74, 6) is -0.286. The lowest BCUT2D eigenvalue weighted by Crippen LogP contribution is -2.13. The molecule has 4 aromatic rings. The average Bonchev–Trinajstić information content (AvgIpc) is 3.30. The minimum Gasteiger partial charge on any atom is -0.345 e. The van der Waals surface area contributed by atoms with Crippen molar-refractivity contribution in [2.45, 2.75) is 6.92 Å². The van der Waals surface area contributed by atoms with Gasteiger partial charge in [0.05, 0.1) is 11.3 Å². The van der Waals surface area contributed by atoms with Gasteiger partial charge >= 0.3 is 0 Å². The van der Waals surface area contributed by atoms with Crippen molar-refractivity contribution in [3.05, 3.63) is 82.7 Å². The molecule has 2 aromatic carbocycles. The van der Waals surface area contributed by atoms with Gasteiger partial charge in [-0.1, -0.05) is 18.9 Å². The second-order valence-corrected chi connectivity index (χ2v) is 8.65. The van der Waals surface area contributed by atoms with Crippen LogP contribution >= 0.6 is 12.1 Å². The number of carbonyl (C=O) groups is 2. The lowest BCUT2D eigenvalue weighted by atomic mass is 9.98. The largest absolute Gasteiger partial charge is 0.345 e. The molecule has 6 nitrogen and oxygen atoms in total. The van der Waals surface area contributed by atoms with Crippen LogP contribution in [0, 0.1) is 24.0 Å². The zero-order chi connectivity index (χ0) is 25.1. The molecular weight excluding hydrogens is 470 g/mol. The fraction of sp³-hybridized carbons (Fsp3) is 0.115. The Bertz CT molecular complexity index is 1490. The normalized spacial score (nSPS) is 11.0. The Balaban J connectivity index is 1.76. The number of H-pyrrole nitrogens is 1. The van der Waals surface area contributed by atoms with E-state index in [1.165, 1.54) is 12.3 Å². The Kier molecular flexibility index (Phi) is 6.96. The summed E-state index contributed by atoms with van der Waals surface area (Å²) in [5, 5.41) is 0.395. The van der Waals surface area contributed by atoms with Gasteiger partial charge in [0.25, 0.3) is 0 Å². The molecule has 0 aliphatic rings. The molecule has 0 bridgehead atoms. The van der Waals surface area contributed by atoms with E-state index in [2.05, 4.69) is 20.6 Å². The third-order valence-electron chi connectivity index (χ3n) is 5.52. The van der Waals surface area contributed by atoms with E-state index < -0.39 is 23.0 Å². The number of aromatic amines is 1. The number of carbonyl (C=O) groups excluding carboxylic acids is 2. The van der Waals surface area contributed by atoms with Crippen molar-refractivity contribution in [3.8, 4) is 23.5 Å². The number of halogens is 2. The van der Waals surface area contributed by atoms with E-state index in [-0.39, 0.29) is 11.3 Å². The third-order valence-corrected chi connectivity index (χ3v) is 6.40. The Labute approximate surface area is 205 Å². The first kappa shape index (κ1) is 24.1. The van der Waals surface area contributed by atoms with Crippen LogP contribution in [-0.2, 0) is 0 Å². The number of anilines is 1. The van der Waals surface area contributed by atoms with Gasteiger partial charge in [0, 0.05) is 58.7 Å². The smallest absolute Gasteiger partial charge is 0.201 e. The topological polar surface area (TPSA) is 78.1 Å². The van der Waals surface area contributed by atoms with Crippen LogP contribution in [0.1, 0.15) is 38.8 Å². The molecule has 0 aliphatic heterocycles. The van der Waals surface area contributed by atoms with Crippen molar-refractivity contribution >= 4 is 40.9 Å². The predicted octanol–water partition coefficient (Wildman–Crippen LogP) is 5.46. The summed E-state index contributed by atoms with van der Waals surface area (Å²) in [4.78, 5) is 31.7. The molecule has 0 fully saturated rings. The summed E-state index contributed by atoms with van der Waals surface area (Å²) in [5.41, 5.74) is 1.89. The van der Waals surface area contributed by atoms with Crippen molar-refractivity contribution in [1.29, 1.82) is 0 Å². The number of benzene rings is 2. The minimum atomic E-state index is -0.978. The predicted molar refractivity (Wildman–Crippen MR) is 134 cm³/mol. The molecule has 0 aliphatic carbocycles. The molecule has 2 aromatic heterocycles. The van der Waals surface area contributed by atoms with E-state index in [4.69, 9.17) is 6.42 Å². The SMILES string of the molecule is C#Cc1cc(-c2cnc3[nH]cc(C(=O)c4c(F)ccc(NSN(C)CC)c4F)c3c2)ccc1C=O. The van der Waals surface area contributed by atoms with E-state index in [9.17, 15) is 14.0 Å². The standard InChI is InChI=1S/C26H20F2N4O2S/c1-4-15-10-16(6-7-17(15)14-33)18-11-19-20(13-30-26(19)29-12-18)25(34)23-21(27)8-9-22(24(23)28)31-35-32(3)5-2/h1,6-14,31H,5H2,2-3H3,(H,29,30). The molecule has 0 saturated heterocycles. The van der Waals surface area contributed by atoms with Crippen molar-refractivity contribution in [1.82, 2.24) is 14.3 Å². The van der Waals surface area contributed by atoms with Gasteiger partial charge in [-0.05, 0) is 42.9 Å². The van der Waals surface area contributed by atoms with Crippen LogP contribution in [0.5, 0.6) is 0 Å². The number of nitrogens with zero attached hydrogens (tertiary/aromatic N) is 2. The van der Waals surface area contributed by atoms with Gasteiger partial charge in [-0.3, -0.25) is 9.59 Å². The summed E-state index contributed by atoms with van der Waals surface area (Å²) in [7, 11) is 1.81. The van der Waals surface area contributed by atoms with Crippen molar-refractivity contribution in [2.75, 3.05) is 18.3 Å². The van der Waals surface area contributed by atoms with Gasteiger partial charge < -0.3 is 9.71 Å². The number of hydrogen-bond donors (Lipinski definition) is 2. The van der Waals surface area contributed by atoms with Gasteiger partial charge in [-0.15, -0.1) is 6.42 Å². The fourth-order valence-electron chi connectivity index (χ4n) is 3.48. The summed E-state index contributed by atoms with van der Waals surface area (Å²) in [6.45, 7) is 2.62. The summed E-state index contributed by atoms with van der Waals surface area (Å²) in [6.07, 6.45) is 9.14. The van der Waals surface area contributed by atoms with E-state index in [1.54, 1.807) is 37.5 Å². The number of nitrogens with one attached hydrogen (secondary N) is 2. The van der Waals surface area contributed by atoms with Crippen LogP contribution in [0.2, 0.25) is 0 Å². The first-order valence-corrected chi connectivity index (χ1v) is 11.3. The van der Waals surface area contributed by atoms with Gasteiger partial charge in [-0.2, -0.15) is 0 Å². The van der Waals surface area contributed by atoms with Gasteiger partial charge in [0.2, 0.25) is 5.78 Å². The number of fused-ring (bicyclic) bond motifs is 1. The number of pyridine rings is 1. The summed E-state index contributed by atoms with van der Waals surface area (Å²) in [6, 6.07) is 8.97. The molecule has 9 heteroatoms. The molecule has 0 unspecified atom stereocenters. The minimum absolute atomic E-state index is 0.00390. The van der Waals surface area contributed by atoms with Gasteiger partial charge in [0.15, 0.2) is 12.1 Å². The molecule has 2 heterocycles. The second-order valence-electron chi connectivity index (χ2n) is 7.64. The van der Waals surface area contributed by atoms with Crippen LogP contribution in [0.25, 0.3) is 22.2 Å². The molecule has 0 spiro atoms. The highest BCUT2D eigenvalue weighted by molar-refractivity contribution is 7.98. The lowest BCUT2D eigenvalue weighted by Gasteiger charge is -2.15. The number of terminal acetylenes is 1. The zero-order valence-electron chi connectivity index (χ0n) is 18.9. The second kappa shape index (κ2) is 10.1. The molecule has 4 rings (SSSR count). The summed E-state index contributed by atoms with van der Waals surface area (Å²) >= 11 is 1.13. The molecule has 176 valence electrons. The van der Waals surface area contributed by atoms with Crippen LogP contribution in [0.4, 0.5) is 14.5 Å². The van der Waals surface area contributed by atoms with Crippen molar-refractivity contribution in [2.24, 2.45) is 0 Å². The maximum absolute atomic E-state index is 15.2. The Morgan fingerprint density at radius 3 is 2.77 bits per heavy atom. The molecular formula is C26H20F2N4O2S. The monoisotopic (exact) mass is 490 g/mol.